The van der Waals surface area contributed by atoms with Crippen LogP contribution in [0.4, 0.5) is 10.1 Å². The van der Waals surface area contributed by atoms with E-state index in [0.29, 0.717) is 5.56 Å². The lowest BCUT2D eigenvalue weighted by molar-refractivity contribution is -0.384. The van der Waals surface area contributed by atoms with Crippen molar-refractivity contribution in [1.29, 1.82) is 0 Å². The minimum absolute atomic E-state index is 0.144. The van der Waals surface area contributed by atoms with Crippen molar-refractivity contribution in [3.05, 3.63) is 87.4 Å². The van der Waals surface area contributed by atoms with Gasteiger partial charge in [0.15, 0.2) is 0 Å². The van der Waals surface area contributed by atoms with E-state index in [1.165, 1.54) is 24.4 Å². The van der Waals surface area contributed by atoms with Crippen LogP contribution in [0, 0.1) is 22.9 Å². The Kier molecular flexibility index (Phi) is 5.07. The number of nitro benzene ring substituents is 1. The fourth-order valence-corrected chi connectivity index (χ4v) is 2.47. The maximum atomic E-state index is 13.2. The molecule has 0 aliphatic rings. The summed E-state index contributed by atoms with van der Waals surface area (Å²) in [6.07, 6.45) is 1.27. The maximum absolute atomic E-state index is 13.2. The van der Waals surface area contributed by atoms with Crippen LogP contribution in [0.15, 0.2) is 64.1 Å². The number of benzene rings is 2. The first kappa shape index (κ1) is 18.0. The van der Waals surface area contributed by atoms with Crippen molar-refractivity contribution in [3.63, 3.8) is 0 Å². The lowest BCUT2D eigenvalue weighted by Crippen LogP contribution is -2.18. The van der Waals surface area contributed by atoms with Gasteiger partial charge in [-0.15, -0.1) is 0 Å². The number of hydrogen-bond acceptors (Lipinski definition) is 5. The molecule has 0 fully saturated rings. The quantitative estimate of drug-likeness (QED) is 0.417. The molecule has 2 aromatic carbocycles. The van der Waals surface area contributed by atoms with Crippen molar-refractivity contribution < 1.29 is 18.5 Å². The van der Waals surface area contributed by atoms with Crippen LogP contribution in [0.2, 0.25) is 0 Å². The second-order valence-electron chi connectivity index (χ2n) is 5.63. The molecule has 0 bridgehead atoms. The number of aryl methyl sites for hydroxylation is 1. The first-order valence-corrected chi connectivity index (χ1v) is 7.89. The molecular weight excluding hydrogens is 353 g/mol. The zero-order chi connectivity index (χ0) is 19.4. The monoisotopic (exact) mass is 367 g/mol. The molecular formula is C19H14FN3O4. The summed E-state index contributed by atoms with van der Waals surface area (Å²) in [5, 5.41) is 14.9. The van der Waals surface area contributed by atoms with Gasteiger partial charge in [0.25, 0.3) is 11.6 Å². The molecule has 1 aromatic heterocycles. The van der Waals surface area contributed by atoms with Crippen LogP contribution in [0.5, 0.6) is 0 Å². The van der Waals surface area contributed by atoms with Crippen molar-refractivity contribution in [2.45, 2.75) is 6.92 Å². The van der Waals surface area contributed by atoms with Crippen LogP contribution >= 0.6 is 0 Å². The zero-order valence-electron chi connectivity index (χ0n) is 14.2. The summed E-state index contributed by atoms with van der Waals surface area (Å²) >= 11 is 0. The van der Waals surface area contributed by atoms with Crippen molar-refractivity contribution in [2.75, 3.05) is 0 Å². The van der Waals surface area contributed by atoms with Crippen LogP contribution in [-0.4, -0.2) is 17.0 Å². The van der Waals surface area contributed by atoms with Gasteiger partial charge < -0.3 is 4.42 Å². The van der Waals surface area contributed by atoms with Gasteiger partial charge in [-0.3, -0.25) is 14.9 Å². The maximum Gasteiger partial charge on any atom is 0.283 e. The highest BCUT2D eigenvalue weighted by Crippen LogP contribution is 2.31. The Bertz CT molecular complexity index is 1040. The molecule has 7 nitrogen and oxygen atoms in total. The first-order valence-electron chi connectivity index (χ1n) is 7.89. The smallest absolute Gasteiger partial charge is 0.283 e. The molecule has 3 aromatic rings. The molecule has 0 atom stereocenters. The largest absolute Gasteiger partial charge is 0.455 e. The average Bonchev–Trinajstić information content (AvgIpc) is 3.10. The lowest BCUT2D eigenvalue weighted by atomic mass is 10.1. The molecule has 1 N–H and O–H groups in total. The molecule has 136 valence electrons. The molecule has 0 aliphatic heterocycles. The third kappa shape index (κ3) is 4.06. The van der Waals surface area contributed by atoms with Gasteiger partial charge in [0, 0.05) is 5.56 Å². The highest BCUT2D eigenvalue weighted by Gasteiger charge is 2.19. The second-order valence-corrected chi connectivity index (χ2v) is 5.63. The average molecular weight is 367 g/mol. The van der Waals surface area contributed by atoms with Crippen molar-refractivity contribution in [3.8, 4) is 11.3 Å². The van der Waals surface area contributed by atoms with E-state index < -0.39 is 16.4 Å². The number of rotatable bonds is 5. The van der Waals surface area contributed by atoms with Crippen LogP contribution < -0.4 is 5.43 Å². The normalized spacial score (nSPS) is 10.9. The van der Waals surface area contributed by atoms with Crippen LogP contribution in [0.25, 0.3) is 11.3 Å². The molecule has 8 heteroatoms. The summed E-state index contributed by atoms with van der Waals surface area (Å²) in [6.45, 7) is 1.81. The summed E-state index contributed by atoms with van der Waals surface area (Å²) in [5.41, 5.74) is 3.44. The Morgan fingerprint density at radius 3 is 2.74 bits per heavy atom. The van der Waals surface area contributed by atoms with E-state index in [1.807, 2.05) is 19.1 Å². The van der Waals surface area contributed by atoms with Gasteiger partial charge in [-0.1, -0.05) is 18.2 Å². The van der Waals surface area contributed by atoms with Crippen LogP contribution in [-0.2, 0) is 0 Å². The number of nitro groups is 1. The number of hydrazone groups is 1. The zero-order valence-corrected chi connectivity index (χ0v) is 14.2. The SMILES string of the molecule is Cc1ccccc1C(=O)N/N=C/c1ccc(-c2ccc(F)cc2[N+](=O)[O-])o1. The molecule has 0 saturated heterocycles. The molecule has 0 spiro atoms. The second kappa shape index (κ2) is 7.61. The van der Waals surface area contributed by atoms with E-state index >= 15 is 0 Å². The number of amides is 1. The van der Waals surface area contributed by atoms with Gasteiger partial charge >= 0.3 is 0 Å². The number of nitrogens with zero attached hydrogens (tertiary/aromatic N) is 2. The van der Waals surface area contributed by atoms with Crippen LogP contribution in [0.3, 0.4) is 0 Å². The summed E-state index contributed by atoms with van der Waals surface area (Å²) < 4.78 is 18.7. The molecule has 3 rings (SSSR count). The van der Waals surface area contributed by atoms with E-state index in [-0.39, 0.29) is 23.0 Å². The summed E-state index contributed by atoms with van der Waals surface area (Å²) in [5.74, 6) is -0.620. The van der Waals surface area contributed by atoms with Crippen molar-refractivity contribution >= 4 is 17.8 Å². The Labute approximate surface area is 153 Å². The molecule has 1 heterocycles. The van der Waals surface area contributed by atoms with Crippen molar-refractivity contribution in [2.24, 2.45) is 5.10 Å². The molecule has 0 unspecified atom stereocenters. The van der Waals surface area contributed by atoms with E-state index in [9.17, 15) is 19.3 Å². The van der Waals surface area contributed by atoms with E-state index in [1.54, 1.807) is 12.1 Å². The van der Waals surface area contributed by atoms with Crippen molar-refractivity contribution in [1.82, 2.24) is 5.43 Å². The molecule has 27 heavy (non-hydrogen) atoms. The predicted octanol–water partition coefficient (Wildman–Crippen LogP) is 4.07. The molecule has 0 aliphatic carbocycles. The number of hydrogen-bond donors (Lipinski definition) is 1. The molecule has 1 amide bonds. The fourth-order valence-electron chi connectivity index (χ4n) is 2.47. The first-order chi connectivity index (χ1) is 13.0. The van der Waals surface area contributed by atoms with Gasteiger partial charge in [0.1, 0.15) is 17.3 Å². The predicted molar refractivity (Wildman–Crippen MR) is 97.0 cm³/mol. The highest BCUT2D eigenvalue weighted by atomic mass is 19.1. The standard InChI is InChI=1S/C19H14FN3O4/c1-12-4-2-3-5-15(12)19(24)22-21-11-14-7-9-18(27-14)16-8-6-13(20)10-17(16)23(25)26/h2-11H,1H3,(H,22,24)/b21-11+. The summed E-state index contributed by atoms with van der Waals surface area (Å²) in [6, 6.07) is 13.3. The third-order valence-electron chi connectivity index (χ3n) is 3.80. The Morgan fingerprint density at radius 1 is 1.22 bits per heavy atom. The minimum Gasteiger partial charge on any atom is -0.455 e. The number of carbonyl (C=O) groups excluding carboxylic acids is 1. The van der Waals surface area contributed by atoms with Gasteiger partial charge in [-0.05, 0) is 42.8 Å². The molecule has 0 radical (unpaired) electrons. The van der Waals surface area contributed by atoms with Gasteiger partial charge in [-0.25, -0.2) is 9.82 Å². The number of halogens is 1. The number of nitrogens with one attached hydrogen (secondary N) is 1. The Balaban J connectivity index is 1.75. The van der Waals surface area contributed by atoms with E-state index in [4.69, 9.17) is 4.42 Å². The van der Waals surface area contributed by atoms with E-state index in [0.717, 1.165) is 17.7 Å². The topological polar surface area (TPSA) is 97.7 Å². The van der Waals surface area contributed by atoms with Gasteiger partial charge in [0.05, 0.1) is 22.8 Å². The Hall–Kier alpha value is -3.81. The molecule has 0 saturated carbocycles. The summed E-state index contributed by atoms with van der Waals surface area (Å²) in [4.78, 5) is 22.5. The Morgan fingerprint density at radius 2 is 2.00 bits per heavy atom. The fraction of sp³-hybridized carbons (Fsp3) is 0.0526. The number of carbonyl (C=O) groups is 1. The minimum atomic E-state index is -0.710. The number of furan rings is 1. The summed E-state index contributed by atoms with van der Waals surface area (Å²) in [7, 11) is 0. The third-order valence-corrected chi connectivity index (χ3v) is 3.80. The van der Waals surface area contributed by atoms with Crippen LogP contribution in [0.1, 0.15) is 21.7 Å². The van der Waals surface area contributed by atoms with Gasteiger partial charge in [0.2, 0.25) is 0 Å². The lowest BCUT2D eigenvalue weighted by Gasteiger charge is -2.02. The van der Waals surface area contributed by atoms with Gasteiger partial charge in [-0.2, -0.15) is 5.10 Å². The highest BCUT2D eigenvalue weighted by molar-refractivity contribution is 5.96. The van der Waals surface area contributed by atoms with E-state index in [2.05, 4.69) is 10.5 Å².